The predicted octanol–water partition coefficient (Wildman–Crippen LogP) is 5.92. The van der Waals surface area contributed by atoms with Gasteiger partial charge in [0.25, 0.3) is 0 Å². The van der Waals surface area contributed by atoms with Crippen LogP contribution in [0.2, 0.25) is 0 Å². The first-order valence-corrected chi connectivity index (χ1v) is 11.6. The number of halogens is 1. The van der Waals surface area contributed by atoms with Gasteiger partial charge in [0.15, 0.2) is 5.79 Å². The largest absolute Gasteiger partial charge is 0.497 e. The second-order valence-electron chi connectivity index (χ2n) is 8.16. The van der Waals surface area contributed by atoms with Crippen molar-refractivity contribution in [3.05, 3.63) is 41.5 Å². The number of hydrogen-bond donors (Lipinski definition) is 0. The molecule has 158 valence electrons. The minimum atomic E-state index is -0.494. The smallest absolute Gasteiger partial charge is 0.163 e. The van der Waals surface area contributed by atoms with E-state index in [0.29, 0.717) is 12.5 Å². The molecule has 1 aliphatic rings. The third kappa shape index (κ3) is 7.32. The molecule has 0 saturated carbocycles. The van der Waals surface area contributed by atoms with Crippen molar-refractivity contribution >= 4 is 22.6 Å². The summed E-state index contributed by atoms with van der Waals surface area (Å²) < 4.78 is 24.6. The minimum absolute atomic E-state index is 0.107. The molecule has 0 aliphatic carbocycles. The molecule has 0 spiro atoms. The van der Waals surface area contributed by atoms with Crippen molar-refractivity contribution < 1.29 is 18.9 Å². The topological polar surface area (TPSA) is 36.9 Å². The molecule has 0 aromatic heterocycles. The van der Waals surface area contributed by atoms with E-state index in [1.165, 1.54) is 5.57 Å². The highest BCUT2D eigenvalue weighted by Gasteiger charge is 2.42. The van der Waals surface area contributed by atoms with Gasteiger partial charge in [-0.1, -0.05) is 53.3 Å². The first kappa shape index (κ1) is 23.6. The third-order valence-electron chi connectivity index (χ3n) is 4.98. The van der Waals surface area contributed by atoms with Crippen molar-refractivity contribution in [1.29, 1.82) is 0 Å². The van der Waals surface area contributed by atoms with Gasteiger partial charge in [-0.05, 0) is 58.2 Å². The molecular weight excluding hydrogens is 467 g/mol. The standard InChI is InChI=1S/C23H35IO4/c1-16(13-17(2)22-21(11-12-24)27-23(4,5)28-22)14-18(3)26-15-19-7-9-20(25-6)10-8-19/h7-10,13,17-18,21-22H,11-12,14-15H2,1-6H3/b16-13-/t17?,18-,21+,22-/m1/s1. The minimum Gasteiger partial charge on any atom is -0.497 e. The van der Waals surface area contributed by atoms with E-state index >= 15 is 0 Å². The third-order valence-corrected chi connectivity index (χ3v) is 5.61. The lowest BCUT2D eigenvalue weighted by molar-refractivity contribution is -0.148. The van der Waals surface area contributed by atoms with Crippen LogP contribution in [-0.2, 0) is 20.8 Å². The van der Waals surface area contributed by atoms with Gasteiger partial charge < -0.3 is 18.9 Å². The second kappa shape index (κ2) is 11.0. The van der Waals surface area contributed by atoms with E-state index in [2.05, 4.69) is 49.4 Å². The summed E-state index contributed by atoms with van der Waals surface area (Å²) in [6, 6.07) is 8.02. The van der Waals surface area contributed by atoms with Crippen LogP contribution in [0.1, 0.15) is 53.0 Å². The van der Waals surface area contributed by atoms with Gasteiger partial charge in [-0.15, -0.1) is 0 Å². The molecule has 4 nitrogen and oxygen atoms in total. The quantitative estimate of drug-likeness (QED) is 0.226. The summed E-state index contributed by atoms with van der Waals surface area (Å²) in [7, 11) is 1.68. The molecule has 1 unspecified atom stereocenters. The molecule has 0 radical (unpaired) electrons. The predicted molar refractivity (Wildman–Crippen MR) is 122 cm³/mol. The van der Waals surface area contributed by atoms with Crippen LogP contribution in [0, 0.1) is 5.92 Å². The Balaban J connectivity index is 1.85. The summed E-state index contributed by atoms with van der Waals surface area (Å²) >= 11 is 2.41. The van der Waals surface area contributed by atoms with Gasteiger partial charge in [0.05, 0.1) is 32.0 Å². The number of rotatable bonds is 10. The first-order valence-electron chi connectivity index (χ1n) is 10.1. The van der Waals surface area contributed by atoms with Crippen LogP contribution in [0.25, 0.3) is 0 Å². The second-order valence-corrected chi connectivity index (χ2v) is 9.24. The number of methoxy groups -OCH3 is 1. The highest BCUT2D eigenvalue weighted by Crippen LogP contribution is 2.35. The average Bonchev–Trinajstić information content (AvgIpc) is 2.95. The summed E-state index contributed by atoms with van der Waals surface area (Å²) in [5.41, 5.74) is 2.49. The fourth-order valence-corrected chi connectivity index (χ4v) is 4.34. The molecule has 1 saturated heterocycles. The number of alkyl halides is 1. The van der Waals surface area contributed by atoms with E-state index < -0.39 is 5.79 Å². The zero-order valence-corrected chi connectivity index (χ0v) is 20.2. The molecule has 28 heavy (non-hydrogen) atoms. The van der Waals surface area contributed by atoms with Gasteiger partial charge in [0, 0.05) is 10.3 Å². The van der Waals surface area contributed by atoms with Gasteiger partial charge in [-0.3, -0.25) is 0 Å². The van der Waals surface area contributed by atoms with Crippen LogP contribution in [0.5, 0.6) is 5.75 Å². The highest BCUT2D eigenvalue weighted by molar-refractivity contribution is 14.1. The van der Waals surface area contributed by atoms with Gasteiger partial charge in [0.1, 0.15) is 5.75 Å². The fraction of sp³-hybridized carbons (Fsp3) is 0.652. The van der Waals surface area contributed by atoms with Crippen molar-refractivity contribution in [2.45, 2.75) is 78.2 Å². The monoisotopic (exact) mass is 502 g/mol. The van der Waals surface area contributed by atoms with Gasteiger partial charge in [-0.25, -0.2) is 0 Å². The van der Waals surface area contributed by atoms with E-state index in [9.17, 15) is 0 Å². The average molecular weight is 502 g/mol. The SMILES string of the molecule is COc1ccc(CO[C@H](C)C/C(C)=C\C(C)[C@H]2OC(C)(C)O[C@H]2CCI)cc1. The molecular formula is C23H35IO4. The van der Waals surface area contributed by atoms with Crippen molar-refractivity contribution in [2.24, 2.45) is 5.92 Å². The zero-order chi connectivity index (χ0) is 20.7. The van der Waals surface area contributed by atoms with Gasteiger partial charge >= 0.3 is 0 Å². The highest BCUT2D eigenvalue weighted by atomic mass is 127. The Hall–Kier alpha value is -0.630. The summed E-state index contributed by atoms with van der Waals surface area (Å²) in [5, 5.41) is 0. The van der Waals surface area contributed by atoms with Crippen molar-refractivity contribution in [3.8, 4) is 5.75 Å². The Labute approximate surface area is 184 Å². The van der Waals surface area contributed by atoms with Crippen molar-refractivity contribution in [3.63, 3.8) is 0 Å². The molecule has 1 heterocycles. The Morgan fingerprint density at radius 2 is 1.89 bits per heavy atom. The maximum absolute atomic E-state index is 6.19. The van der Waals surface area contributed by atoms with Crippen LogP contribution >= 0.6 is 22.6 Å². The van der Waals surface area contributed by atoms with Gasteiger partial charge in [0.2, 0.25) is 0 Å². The number of ether oxygens (including phenoxy) is 4. The van der Waals surface area contributed by atoms with E-state index in [1.54, 1.807) is 7.11 Å². The first-order chi connectivity index (χ1) is 13.2. The van der Waals surface area contributed by atoms with Crippen LogP contribution in [0.15, 0.2) is 35.9 Å². The summed E-state index contributed by atoms with van der Waals surface area (Å²) in [6.07, 6.45) is 4.68. The normalized spacial score (nSPS) is 24.2. The molecule has 1 aromatic carbocycles. The van der Waals surface area contributed by atoms with Crippen LogP contribution in [0.4, 0.5) is 0 Å². The lowest BCUT2D eigenvalue weighted by Crippen LogP contribution is -2.29. The van der Waals surface area contributed by atoms with E-state index in [4.69, 9.17) is 18.9 Å². The Bertz CT molecular complexity index is 626. The number of benzene rings is 1. The maximum Gasteiger partial charge on any atom is 0.163 e. The molecule has 5 heteroatoms. The van der Waals surface area contributed by atoms with Gasteiger partial charge in [-0.2, -0.15) is 0 Å². The Morgan fingerprint density at radius 1 is 1.21 bits per heavy atom. The lowest BCUT2D eigenvalue weighted by atomic mass is 9.95. The Morgan fingerprint density at radius 3 is 2.50 bits per heavy atom. The Kier molecular flexibility index (Phi) is 9.25. The van der Waals surface area contributed by atoms with Crippen molar-refractivity contribution in [1.82, 2.24) is 0 Å². The molecule has 0 N–H and O–H groups in total. The zero-order valence-electron chi connectivity index (χ0n) is 18.0. The summed E-state index contributed by atoms with van der Waals surface area (Å²) in [5.74, 6) is 0.682. The number of hydrogen-bond acceptors (Lipinski definition) is 4. The summed E-state index contributed by atoms with van der Waals surface area (Å²) in [6.45, 7) is 11.2. The molecule has 2 rings (SSSR count). The van der Waals surface area contributed by atoms with Crippen LogP contribution in [0.3, 0.4) is 0 Å². The van der Waals surface area contributed by atoms with Crippen molar-refractivity contribution in [2.75, 3.05) is 11.5 Å². The fourth-order valence-electron chi connectivity index (χ4n) is 3.72. The lowest BCUT2D eigenvalue weighted by Gasteiger charge is -2.22. The molecule has 0 amide bonds. The molecule has 0 bridgehead atoms. The maximum atomic E-state index is 6.19. The molecule has 4 atom stereocenters. The molecule has 1 fully saturated rings. The van der Waals surface area contributed by atoms with E-state index in [-0.39, 0.29) is 18.3 Å². The van der Waals surface area contributed by atoms with Crippen LogP contribution < -0.4 is 4.74 Å². The van der Waals surface area contributed by atoms with E-state index in [1.807, 2.05) is 38.1 Å². The molecule has 1 aliphatic heterocycles. The van der Waals surface area contributed by atoms with E-state index in [0.717, 1.165) is 28.6 Å². The summed E-state index contributed by atoms with van der Waals surface area (Å²) in [4.78, 5) is 0. The molecule has 1 aromatic rings. The van der Waals surface area contributed by atoms with Crippen LogP contribution in [-0.4, -0.2) is 35.6 Å².